The number of hydrogen-bond acceptors (Lipinski definition) is 1. The van der Waals surface area contributed by atoms with Crippen LogP contribution in [-0.2, 0) is 0 Å². The van der Waals surface area contributed by atoms with E-state index in [9.17, 15) is 0 Å². The highest BCUT2D eigenvalue weighted by Gasteiger charge is 1.79. The second-order valence-corrected chi connectivity index (χ2v) is 2.31. The lowest BCUT2D eigenvalue weighted by atomic mass is 10.2. The second kappa shape index (κ2) is 8.28. The molecule has 0 aromatic carbocycles. The summed E-state index contributed by atoms with van der Waals surface area (Å²) < 4.78 is 0. The van der Waals surface area contributed by atoms with Gasteiger partial charge in [-0.15, -0.1) is 0 Å². The molecule has 0 aliphatic carbocycles. The summed E-state index contributed by atoms with van der Waals surface area (Å²) in [7, 11) is 0. The molecule has 0 atom stereocenters. The molecule has 0 aromatic rings. The van der Waals surface area contributed by atoms with Gasteiger partial charge in [0.05, 0.1) is 0 Å². The van der Waals surface area contributed by atoms with Crippen molar-refractivity contribution >= 4 is 0 Å². The number of rotatable bonds is 5. The quantitative estimate of drug-likeness (QED) is 0.460. The predicted molar refractivity (Wildman–Crippen MR) is 46.6 cm³/mol. The van der Waals surface area contributed by atoms with Crippen molar-refractivity contribution in [3.8, 4) is 0 Å². The van der Waals surface area contributed by atoms with Crippen LogP contribution in [0.25, 0.3) is 0 Å². The van der Waals surface area contributed by atoms with Crippen LogP contribution in [0.1, 0.15) is 32.6 Å². The van der Waals surface area contributed by atoms with Crippen molar-refractivity contribution in [3.63, 3.8) is 0 Å². The van der Waals surface area contributed by atoms with Gasteiger partial charge in [0.25, 0.3) is 0 Å². The summed E-state index contributed by atoms with van der Waals surface area (Å²) in [6, 6.07) is 0. The van der Waals surface area contributed by atoms with Crippen molar-refractivity contribution < 1.29 is 0 Å². The van der Waals surface area contributed by atoms with E-state index in [1.165, 1.54) is 25.7 Å². The van der Waals surface area contributed by atoms with Crippen molar-refractivity contribution in [3.05, 3.63) is 24.4 Å². The third-order valence-electron chi connectivity index (χ3n) is 1.33. The highest BCUT2D eigenvalue weighted by atomic mass is 14.5. The summed E-state index contributed by atoms with van der Waals surface area (Å²) >= 11 is 0. The van der Waals surface area contributed by atoms with Crippen molar-refractivity contribution in [1.29, 1.82) is 0 Å². The minimum absolute atomic E-state index is 1.18. The lowest BCUT2D eigenvalue weighted by molar-refractivity contribution is 0.729. The molecule has 2 N–H and O–H groups in total. The van der Waals surface area contributed by atoms with Crippen LogP contribution in [0, 0.1) is 0 Å². The molecule has 10 heavy (non-hydrogen) atoms. The molecule has 0 amide bonds. The van der Waals surface area contributed by atoms with Gasteiger partial charge in [-0.3, -0.25) is 0 Å². The fraction of sp³-hybridized carbons (Fsp3) is 0.556. The molecule has 0 saturated heterocycles. The van der Waals surface area contributed by atoms with Gasteiger partial charge in [-0.1, -0.05) is 31.9 Å². The second-order valence-electron chi connectivity index (χ2n) is 2.31. The summed E-state index contributed by atoms with van der Waals surface area (Å²) in [5.41, 5.74) is 5.14. The summed E-state index contributed by atoms with van der Waals surface area (Å²) in [5.74, 6) is 0. The van der Waals surface area contributed by atoms with Crippen molar-refractivity contribution in [2.75, 3.05) is 0 Å². The van der Waals surface area contributed by atoms with Crippen LogP contribution >= 0.6 is 0 Å². The highest BCUT2D eigenvalue weighted by Crippen LogP contribution is 1.98. The molecule has 0 spiro atoms. The molecule has 0 aromatic heterocycles. The van der Waals surface area contributed by atoms with Crippen LogP contribution in [0.2, 0.25) is 0 Å². The highest BCUT2D eigenvalue weighted by molar-refractivity contribution is 5.00. The van der Waals surface area contributed by atoms with Gasteiger partial charge in [-0.25, -0.2) is 0 Å². The first-order chi connectivity index (χ1) is 4.91. The topological polar surface area (TPSA) is 26.0 Å². The Kier molecular flexibility index (Phi) is 7.68. The zero-order valence-corrected chi connectivity index (χ0v) is 6.72. The first-order valence-electron chi connectivity index (χ1n) is 3.95. The van der Waals surface area contributed by atoms with E-state index in [0.717, 1.165) is 0 Å². The molecule has 58 valence electrons. The molecule has 0 aliphatic rings. The number of unbranched alkanes of at least 4 members (excludes halogenated alkanes) is 3. The fourth-order valence-corrected chi connectivity index (χ4v) is 0.751. The summed E-state index contributed by atoms with van der Waals surface area (Å²) in [4.78, 5) is 0. The standard InChI is InChI=1S/C9H17N/c1-2-3-4-5-6-7-8-9-10/h6-9H,2-5,10H2,1H3/b7-6-,9-8-. The molecule has 0 heterocycles. The average Bonchev–Trinajstić information content (AvgIpc) is 1.97. The van der Waals surface area contributed by atoms with Crippen LogP contribution in [0.4, 0.5) is 0 Å². The van der Waals surface area contributed by atoms with Crippen LogP contribution < -0.4 is 5.73 Å². The number of hydrogen-bond donors (Lipinski definition) is 1. The van der Waals surface area contributed by atoms with E-state index in [1.54, 1.807) is 6.20 Å². The third kappa shape index (κ3) is 7.28. The molecular formula is C9H17N. The van der Waals surface area contributed by atoms with Crippen molar-refractivity contribution in [2.24, 2.45) is 5.73 Å². The Morgan fingerprint density at radius 1 is 1.20 bits per heavy atom. The maximum absolute atomic E-state index is 5.14. The zero-order valence-electron chi connectivity index (χ0n) is 6.72. The van der Waals surface area contributed by atoms with E-state index in [4.69, 9.17) is 5.73 Å². The molecule has 0 fully saturated rings. The maximum atomic E-state index is 5.14. The Bertz CT molecular complexity index is 103. The largest absolute Gasteiger partial charge is 0.405 e. The summed E-state index contributed by atoms with van der Waals surface area (Å²) in [5, 5.41) is 0. The Hall–Kier alpha value is -0.720. The van der Waals surface area contributed by atoms with E-state index in [1.807, 2.05) is 12.2 Å². The van der Waals surface area contributed by atoms with Gasteiger partial charge >= 0.3 is 0 Å². The molecule has 1 heteroatoms. The lowest BCUT2D eigenvalue weighted by Crippen LogP contribution is -1.73. The Balaban J connectivity index is 3.02. The van der Waals surface area contributed by atoms with Crippen molar-refractivity contribution in [2.45, 2.75) is 32.6 Å². The summed E-state index contributed by atoms with van der Waals surface area (Å²) in [6.07, 6.45) is 12.7. The van der Waals surface area contributed by atoms with Crippen LogP contribution in [0.3, 0.4) is 0 Å². The van der Waals surface area contributed by atoms with Gasteiger partial charge in [0.1, 0.15) is 0 Å². The van der Waals surface area contributed by atoms with E-state index in [2.05, 4.69) is 13.0 Å². The smallest absolute Gasteiger partial charge is 0.00625 e. The third-order valence-corrected chi connectivity index (χ3v) is 1.33. The molecule has 1 nitrogen and oxygen atoms in total. The van der Waals surface area contributed by atoms with Gasteiger partial charge in [-0.2, -0.15) is 0 Å². The lowest BCUT2D eigenvalue weighted by Gasteiger charge is -1.89. The van der Waals surface area contributed by atoms with Gasteiger partial charge in [0.15, 0.2) is 0 Å². The van der Waals surface area contributed by atoms with Crippen LogP contribution in [-0.4, -0.2) is 0 Å². The van der Waals surface area contributed by atoms with E-state index in [0.29, 0.717) is 0 Å². The number of nitrogens with two attached hydrogens (primary N) is 1. The summed E-state index contributed by atoms with van der Waals surface area (Å²) in [6.45, 7) is 2.21. The normalized spacial score (nSPS) is 11.7. The van der Waals surface area contributed by atoms with Gasteiger partial charge in [0, 0.05) is 0 Å². The molecule has 0 aliphatic heterocycles. The molecular weight excluding hydrogens is 122 g/mol. The van der Waals surface area contributed by atoms with Gasteiger partial charge in [0.2, 0.25) is 0 Å². The Morgan fingerprint density at radius 2 is 2.00 bits per heavy atom. The molecule has 0 saturated carbocycles. The fourth-order valence-electron chi connectivity index (χ4n) is 0.751. The van der Waals surface area contributed by atoms with E-state index in [-0.39, 0.29) is 0 Å². The zero-order chi connectivity index (χ0) is 7.66. The predicted octanol–water partition coefficient (Wildman–Crippen LogP) is 2.60. The van der Waals surface area contributed by atoms with Crippen LogP contribution in [0.5, 0.6) is 0 Å². The number of allylic oxidation sites excluding steroid dienone is 3. The average molecular weight is 139 g/mol. The first-order valence-corrected chi connectivity index (χ1v) is 3.95. The van der Waals surface area contributed by atoms with Gasteiger partial charge < -0.3 is 5.73 Å². The van der Waals surface area contributed by atoms with Crippen LogP contribution in [0.15, 0.2) is 24.4 Å². The molecule has 0 bridgehead atoms. The minimum Gasteiger partial charge on any atom is -0.405 e. The Labute approximate surface area is 63.6 Å². The molecule has 0 radical (unpaired) electrons. The molecule has 0 unspecified atom stereocenters. The maximum Gasteiger partial charge on any atom is -0.00625 e. The van der Waals surface area contributed by atoms with Gasteiger partial charge in [-0.05, 0) is 25.1 Å². The Morgan fingerprint density at radius 3 is 2.60 bits per heavy atom. The van der Waals surface area contributed by atoms with E-state index >= 15 is 0 Å². The van der Waals surface area contributed by atoms with Crippen molar-refractivity contribution in [1.82, 2.24) is 0 Å². The monoisotopic (exact) mass is 139 g/mol. The minimum atomic E-state index is 1.18. The first kappa shape index (κ1) is 9.28. The van der Waals surface area contributed by atoms with E-state index < -0.39 is 0 Å². The SMILES string of the molecule is CCCCC/C=C\C=C/N. The molecule has 0 rings (SSSR count).